The van der Waals surface area contributed by atoms with Gasteiger partial charge in [-0.15, -0.1) is 0 Å². The summed E-state index contributed by atoms with van der Waals surface area (Å²) in [6, 6.07) is 4.65. The lowest BCUT2D eigenvalue weighted by Crippen LogP contribution is -2.18. The van der Waals surface area contributed by atoms with Crippen LogP contribution in [0.5, 0.6) is 5.75 Å². The van der Waals surface area contributed by atoms with Gasteiger partial charge in [-0.05, 0) is 55.0 Å². The maximum Gasteiger partial charge on any atom is 0.123 e. The number of halogens is 1. The molecule has 0 spiro atoms. The van der Waals surface area contributed by atoms with Gasteiger partial charge in [0.1, 0.15) is 11.6 Å². The van der Waals surface area contributed by atoms with E-state index in [1.165, 1.54) is 6.07 Å². The monoisotopic (exact) mass is 209 g/mol. The summed E-state index contributed by atoms with van der Waals surface area (Å²) in [5, 5.41) is 0. The van der Waals surface area contributed by atoms with E-state index in [2.05, 4.69) is 0 Å². The number of ether oxygens (including phenoxy) is 1. The van der Waals surface area contributed by atoms with Crippen molar-refractivity contribution in [3.05, 3.63) is 29.6 Å². The highest BCUT2D eigenvalue weighted by Crippen LogP contribution is 2.48. The molecule has 0 saturated heterocycles. The van der Waals surface area contributed by atoms with Gasteiger partial charge in [0.05, 0.1) is 7.11 Å². The van der Waals surface area contributed by atoms with Crippen LogP contribution in [0, 0.1) is 11.2 Å². The van der Waals surface area contributed by atoms with Gasteiger partial charge in [0.25, 0.3) is 0 Å². The maximum atomic E-state index is 13.1. The summed E-state index contributed by atoms with van der Waals surface area (Å²) in [5.41, 5.74) is 6.85. The average molecular weight is 209 g/mol. The molecule has 1 aliphatic rings. The summed E-state index contributed by atoms with van der Waals surface area (Å²) in [5.74, 6) is 0.551. The Bertz CT molecular complexity index is 361. The van der Waals surface area contributed by atoms with E-state index in [1.54, 1.807) is 19.2 Å². The van der Waals surface area contributed by atoms with Crippen LogP contribution < -0.4 is 10.5 Å². The van der Waals surface area contributed by atoms with Crippen molar-refractivity contribution in [2.45, 2.75) is 19.3 Å². The number of benzene rings is 1. The van der Waals surface area contributed by atoms with Crippen molar-refractivity contribution in [2.75, 3.05) is 13.7 Å². The van der Waals surface area contributed by atoms with Crippen LogP contribution in [-0.2, 0) is 6.42 Å². The molecule has 1 aromatic carbocycles. The molecule has 1 saturated carbocycles. The minimum absolute atomic E-state index is 0.209. The van der Waals surface area contributed by atoms with Crippen molar-refractivity contribution in [3.63, 3.8) is 0 Å². The molecule has 3 heteroatoms. The van der Waals surface area contributed by atoms with E-state index in [-0.39, 0.29) is 11.2 Å². The fourth-order valence-corrected chi connectivity index (χ4v) is 1.92. The summed E-state index contributed by atoms with van der Waals surface area (Å²) in [6.45, 7) is 0.673. The Morgan fingerprint density at radius 2 is 2.20 bits per heavy atom. The first kappa shape index (κ1) is 10.4. The second-order valence-electron chi connectivity index (χ2n) is 4.34. The predicted octanol–water partition coefficient (Wildman–Crippen LogP) is 2.12. The molecule has 0 aromatic heterocycles. The molecule has 0 heterocycles. The zero-order valence-electron chi connectivity index (χ0n) is 8.92. The minimum Gasteiger partial charge on any atom is -0.496 e. The lowest BCUT2D eigenvalue weighted by Gasteiger charge is -2.14. The van der Waals surface area contributed by atoms with Crippen LogP contribution in [-0.4, -0.2) is 13.7 Å². The van der Waals surface area contributed by atoms with E-state index in [0.717, 1.165) is 30.6 Å². The van der Waals surface area contributed by atoms with Crippen LogP contribution in [0.15, 0.2) is 18.2 Å². The average Bonchev–Trinajstić information content (AvgIpc) is 2.99. The van der Waals surface area contributed by atoms with Crippen LogP contribution in [0.3, 0.4) is 0 Å². The van der Waals surface area contributed by atoms with E-state index in [0.29, 0.717) is 6.54 Å². The number of hydrogen-bond acceptors (Lipinski definition) is 2. The van der Waals surface area contributed by atoms with Crippen molar-refractivity contribution < 1.29 is 9.13 Å². The van der Waals surface area contributed by atoms with E-state index in [9.17, 15) is 4.39 Å². The minimum atomic E-state index is -0.210. The first-order valence-corrected chi connectivity index (χ1v) is 5.22. The molecular weight excluding hydrogens is 193 g/mol. The van der Waals surface area contributed by atoms with Crippen LogP contribution in [0.1, 0.15) is 18.4 Å². The molecule has 82 valence electrons. The number of hydrogen-bond donors (Lipinski definition) is 1. The first-order chi connectivity index (χ1) is 7.19. The van der Waals surface area contributed by atoms with E-state index < -0.39 is 0 Å². The Morgan fingerprint density at radius 1 is 1.47 bits per heavy atom. The quantitative estimate of drug-likeness (QED) is 0.824. The summed E-state index contributed by atoms with van der Waals surface area (Å²) in [4.78, 5) is 0. The molecule has 0 unspecified atom stereocenters. The fourth-order valence-electron chi connectivity index (χ4n) is 1.92. The van der Waals surface area contributed by atoms with E-state index in [4.69, 9.17) is 10.5 Å². The predicted molar refractivity (Wildman–Crippen MR) is 57.4 cm³/mol. The molecule has 2 nitrogen and oxygen atoms in total. The lowest BCUT2D eigenvalue weighted by atomic mass is 9.96. The van der Waals surface area contributed by atoms with Crippen molar-refractivity contribution in [3.8, 4) is 5.75 Å². The Hall–Kier alpha value is -1.09. The maximum absolute atomic E-state index is 13.1. The van der Waals surface area contributed by atoms with Gasteiger partial charge in [-0.1, -0.05) is 0 Å². The normalized spacial score (nSPS) is 17.5. The molecule has 1 aromatic rings. The van der Waals surface area contributed by atoms with Gasteiger partial charge in [-0.2, -0.15) is 0 Å². The van der Waals surface area contributed by atoms with E-state index in [1.807, 2.05) is 0 Å². The topological polar surface area (TPSA) is 35.2 Å². The molecule has 1 fully saturated rings. The Labute approximate surface area is 89.2 Å². The van der Waals surface area contributed by atoms with Crippen molar-refractivity contribution >= 4 is 0 Å². The van der Waals surface area contributed by atoms with Gasteiger partial charge < -0.3 is 10.5 Å². The third-order valence-corrected chi connectivity index (χ3v) is 3.20. The molecule has 2 N–H and O–H groups in total. The summed E-state index contributed by atoms with van der Waals surface area (Å²) in [6.07, 6.45) is 3.11. The molecule has 0 atom stereocenters. The second kappa shape index (κ2) is 3.81. The van der Waals surface area contributed by atoms with Gasteiger partial charge in [0.2, 0.25) is 0 Å². The molecule has 0 amide bonds. The molecule has 2 rings (SSSR count). The Kier molecular flexibility index (Phi) is 2.65. The van der Waals surface area contributed by atoms with Gasteiger partial charge in [0.15, 0.2) is 0 Å². The number of rotatable bonds is 4. The highest BCUT2D eigenvalue weighted by Gasteiger charge is 2.41. The van der Waals surface area contributed by atoms with E-state index >= 15 is 0 Å². The summed E-state index contributed by atoms with van der Waals surface area (Å²) < 4.78 is 18.3. The SMILES string of the molecule is COc1ccc(F)cc1CC1(CN)CC1. The molecule has 0 radical (unpaired) electrons. The highest BCUT2D eigenvalue weighted by atomic mass is 19.1. The van der Waals surface area contributed by atoms with Gasteiger partial charge >= 0.3 is 0 Å². The third-order valence-electron chi connectivity index (χ3n) is 3.20. The standard InChI is InChI=1S/C12H16FNO/c1-15-11-3-2-10(13)6-9(11)7-12(8-14)4-5-12/h2-3,6H,4-5,7-8,14H2,1H3. The first-order valence-electron chi connectivity index (χ1n) is 5.22. The van der Waals surface area contributed by atoms with Crippen LogP contribution in [0.25, 0.3) is 0 Å². The van der Waals surface area contributed by atoms with Crippen LogP contribution >= 0.6 is 0 Å². The largest absolute Gasteiger partial charge is 0.496 e. The van der Waals surface area contributed by atoms with Crippen molar-refractivity contribution in [1.29, 1.82) is 0 Å². The van der Waals surface area contributed by atoms with Crippen LogP contribution in [0.4, 0.5) is 4.39 Å². The number of methoxy groups -OCH3 is 1. The molecule has 15 heavy (non-hydrogen) atoms. The molecular formula is C12H16FNO. The summed E-state index contributed by atoms with van der Waals surface area (Å²) >= 11 is 0. The molecule has 0 bridgehead atoms. The van der Waals surface area contributed by atoms with Gasteiger partial charge in [0, 0.05) is 0 Å². The van der Waals surface area contributed by atoms with Crippen LogP contribution in [0.2, 0.25) is 0 Å². The molecule has 1 aliphatic carbocycles. The molecule has 0 aliphatic heterocycles. The summed E-state index contributed by atoms with van der Waals surface area (Å²) in [7, 11) is 1.61. The third kappa shape index (κ3) is 2.12. The Morgan fingerprint density at radius 3 is 2.73 bits per heavy atom. The van der Waals surface area contributed by atoms with Gasteiger partial charge in [-0.3, -0.25) is 0 Å². The smallest absolute Gasteiger partial charge is 0.123 e. The fraction of sp³-hybridized carbons (Fsp3) is 0.500. The number of nitrogens with two attached hydrogens (primary N) is 1. The van der Waals surface area contributed by atoms with Crippen molar-refractivity contribution in [2.24, 2.45) is 11.1 Å². The second-order valence-corrected chi connectivity index (χ2v) is 4.34. The zero-order valence-corrected chi connectivity index (χ0v) is 8.92. The van der Waals surface area contributed by atoms with Crippen molar-refractivity contribution in [1.82, 2.24) is 0 Å². The Balaban J connectivity index is 2.22. The zero-order chi connectivity index (χ0) is 10.9. The van der Waals surface area contributed by atoms with Gasteiger partial charge in [-0.25, -0.2) is 4.39 Å². The lowest BCUT2D eigenvalue weighted by molar-refractivity contribution is 0.400. The highest BCUT2D eigenvalue weighted by molar-refractivity contribution is 5.35.